The number of amides is 1. The van der Waals surface area contributed by atoms with E-state index in [4.69, 9.17) is 0 Å². The Bertz CT molecular complexity index is 491. The molecule has 1 saturated heterocycles. The number of carbonyl (C=O) groups excluding carboxylic acids is 1. The first-order chi connectivity index (χ1) is 9.91. The minimum Gasteiger partial charge on any atom is -0.338 e. The zero-order chi connectivity index (χ0) is 15.5. The lowest BCUT2D eigenvalue weighted by atomic mass is 9.97. The number of nitrogens with zero attached hydrogens (tertiary/aromatic N) is 1. The van der Waals surface area contributed by atoms with Crippen molar-refractivity contribution in [3.05, 3.63) is 35.4 Å². The van der Waals surface area contributed by atoms with Gasteiger partial charge in [-0.05, 0) is 37.6 Å². The van der Waals surface area contributed by atoms with Crippen LogP contribution in [0.3, 0.4) is 0 Å². The SMILES string of the molecule is CNCc1ccc(C(=O)N2CCCC(C(F)(F)F)C2)cc1.Cl. The fraction of sp³-hybridized carbons (Fsp3) is 0.533. The number of benzene rings is 1. The molecule has 2 rings (SSSR count). The van der Waals surface area contributed by atoms with Gasteiger partial charge < -0.3 is 10.2 Å². The summed E-state index contributed by atoms with van der Waals surface area (Å²) in [6, 6.07) is 6.97. The first-order valence-electron chi connectivity index (χ1n) is 7.01. The summed E-state index contributed by atoms with van der Waals surface area (Å²) < 4.78 is 38.3. The van der Waals surface area contributed by atoms with Crippen molar-refractivity contribution in [3.8, 4) is 0 Å². The number of hydrogen-bond donors (Lipinski definition) is 1. The molecule has 1 unspecified atom stereocenters. The Labute approximate surface area is 134 Å². The lowest BCUT2D eigenvalue weighted by Crippen LogP contribution is -2.44. The summed E-state index contributed by atoms with van der Waals surface area (Å²) in [7, 11) is 1.82. The molecule has 1 fully saturated rings. The number of hydrogen-bond acceptors (Lipinski definition) is 2. The Hall–Kier alpha value is -1.27. The van der Waals surface area contributed by atoms with Gasteiger partial charge in [0.05, 0.1) is 5.92 Å². The van der Waals surface area contributed by atoms with Gasteiger partial charge in [-0.15, -0.1) is 12.4 Å². The molecule has 1 aliphatic rings. The number of nitrogens with one attached hydrogen (secondary N) is 1. The van der Waals surface area contributed by atoms with Crippen molar-refractivity contribution in [1.82, 2.24) is 10.2 Å². The quantitative estimate of drug-likeness (QED) is 0.919. The molecule has 1 N–H and O–H groups in total. The van der Waals surface area contributed by atoms with Crippen LogP contribution in [-0.2, 0) is 6.54 Å². The van der Waals surface area contributed by atoms with Crippen molar-refractivity contribution in [1.29, 1.82) is 0 Å². The van der Waals surface area contributed by atoms with Crippen LogP contribution in [0.1, 0.15) is 28.8 Å². The van der Waals surface area contributed by atoms with E-state index in [-0.39, 0.29) is 31.3 Å². The summed E-state index contributed by atoms with van der Waals surface area (Å²) in [5.74, 6) is -1.72. The van der Waals surface area contributed by atoms with Gasteiger partial charge in [0.15, 0.2) is 0 Å². The Morgan fingerprint density at radius 2 is 1.95 bits per heavy atom. The van der Waals surface area contributed by atoms with Crippen LogP contribution in [0, 0.1) is 5.92 Å². The minimum atomic E-state index is -4.23. The van der Waals surface area contributed by atoms with Gasteiger partial charge in [-0.3, -0.25) is 4.79 Å². The van der Waals surface area contributed by atoms with Gasteiger partial charge in [-0.25, -0.2) is 0 Å². The third-order valence-electron chi connectivity index (χ3n) is 3.75. The summed E-state index contributed by atoms with van der Waals surface area (Å²) in [4.78, 5) is 13.6. The maximum atomic E-state index is 12.8. The number of alkyl halides is 3. The normalized spacial score (nSPS) is 18.7. The number of rotatable bonds is 3. The number of piperidine rings is 1. The molecule has 0 radical (unpaired) electrons. The molecule has 1 aliphatic heterocycles. The highest BCUT2D eigenvalue weighted by molar-refractivity contribution is 5.94. The number of carbonyl (C=O) groups is 1. The van der Waals surface area contributed by atoms with Crippen LogP contribution in [-0.4, -0.2) is 37.1 Å². The third kappa shape index (κ3) is 4.61. The maximum absolute atomic E-state index is 12.8. The highest BCUT2D eigenvalue weighted by Crippen LogP contribution is 2.33. The second kappa shape index (κ2) is 7.83. The first-order valence-corrected chi connectivity index (χ1v) is 7.01. The van der Waals surface area contributed by atoms with Crippen LogP contribution in [0.15, 0.2) is 24.3 Å². The molecular weight excluding hydrogens is 317 g/mol. The highest BCUT2D eigenvalue weighted by Gasteiger charge is 2.42. The summed E-state index contributed by atoms with van der Waals surface area (Å²) in [5.41, 5.74) is 1.47. The average molecular weight is 337 g/mol. The van der Waals surface area contributed by atoms with Gasteiger partial charge in [-0.2, -0.15) is 13.2 Å². The van der Waals surface area contributed by atoms with E-state index in [1.54, 1.807) is 12.1 Å². The third-order valence-corrected chi connectivity index (χ3v) is 3.75. The van der Waals surface area contributed by atoms with Gasteiger partial charge in [0.2, 0.25) is 0 Å². The van der Waals surface area contributed by atoms with Crippen molar-refractivity contribution < 1.29 is 18.0 Å². The average Bonchev–Trinajstić information content (AvgIpc) is 2.47. The van der Waals surface area contributed by atoms with E-state index >= 15 is 0 Å². The fourth-order valence-electron chi connectivity index (χ4n) is 2.58. The zero-order valence-electron chi connectivity index (χ0n) is 12.3. The standard InChI is InChI=1S/C15H19F3N2O.ClH/c1-19-9-11-4-6-12(7-5-11)14(21)20-8-2-3-13(10-20)15(16,17)18;/h4-7,13,19H,2-3,8-10H2,1H3;1H. The van der Waals surface area contributed by atoms with Crippen molar-refractivity contribution >= 4 is 18.3 Å². The second-order valence-electron chi connectivity index (χ2n) is 5.36. The Kier molecular flexibility index (Phi) is 6.68. The minimum absolute atomic E-state index is 0. The zero-order valence-corrected chi connectivity index (χ0v) is 13.1. The molecule has 124 valence electrons. The van der Waals surface area contributed by atoms with Crippen LogP contribution in [0.4, 0.5) is 13.2 Å². The molecule has 1 aromatic rings. The highest BCUT2D eigenvalue weighted by atomic mass is 35.5. The Morgan fingerprint density at radius 1 is 1.32 bits per heavy atom. The first kappa shape index (κ1) is 18.8. The topological polar surface area (TPSA) is 32.3 Å². The lowest BCUT2D eigenvalue weighted by molar-refractivity contribution is -0.184. The van der Waals surface area contributed by atoms with Crippen LogP contribution >= 0.6 is 12.4 Å². The predicted molar refractivity (Wildman–Crippen MR) is 81.1 cm³/mol. The fourth-order valence-corrected chi connectivity index (χ4v) is 2.58. The molecule has 7 heteroatoms. The molecule has 0 saturated carbocycles. The molecule has 0 spiro atoms. The van der Waals surface area contributed by atoms with Gasteiger partial charge in [0.25, 0.3) is 5.91 Å². The Balaban J connectivity index is 0.00000242. The van der Waals surface area contributed by atoms with E-state index in [0.29, 0.717) is 25.1 Å². The summed E-state index contributed by atoms with van der Waals surface area (Å²) in [5, 5.41) is 3.00. The molecule has 0 aliphatic carbocycles. The van der Waals surface area contributed by atoms with Crippen LogP contribution in [0.5, 0.6) is 0 Å². The molecular formula is C15H20ClF3N2O. The largest absolute Gasteiger partial charge is 0.393 e. The monoisotopic (exact) mass is 336 g/mol. The van der Waals surface area contributed by atoms with Gasteiger partial charge >= 0.3 is 6.18 Å². The molecule has 1 heterocycles. The number of likely N-dealkylation sites (tertiary alicyclic amines) is 1. The molecule has 1 aromatic carbocycles. The molecule has 1 amide bonds. The van der Waals surface area contributed by atoms with Crippen LogP contribution < -0.4 is 5.32 Å². The van der Waals surface area contributed by atoms with Crippen LogP contribution in [0.2, 0.25) is 0 Å². The summed E-state index contributed by atoms with van der Waals surface area (Å²) in [6.45, 7) is 0.846. The van der Waals surface area contributed by atoms with Crippen molar-refractivity contribution in [3.63, 3.8) is 0 Å². The summed E-state index contributed by atoms with van der Waals surface area (Å²) in [6.07, 6.45) is -3.72. The van der Waals surface area contributed by atoms with Crippen molar-refractivity contribution in [2.75, 3.05) is 20.1 Å². The second-order valence-corrected chi connectivity index (χ2v) is 5.36. The van der Waals surface area contributed by atoms with Crippen molar-refractivity contribution in [2.24, 2.45) is 5.92 Å². The smallest absolute Gasteiger partial charge is 0.338 e. The van der Waals surface area contributed by atoms with E-state index in [2.05, 4.69) is 5.32 Å². The van der Waals surface area contributed by atoms with E-state index in [9.17, 15) is 18.0 Å². The van der Waals surface area contributed by atoms with E-state index in [0.717, 1.165) is 5.56 Å². The number of halogens is 4. The van der Waals surface area contributed by atoms with Crippen LogP contribution in [0.25, 0.3) is 0 Å². The lowest BCUT2D eigenvalue weighted by Gasteiger charge is -2.33. The molecule has 3 nitrogen and oxygen atoms in total. The van der Waals surface area contributed by atoms with E-state index in [1.165, 1.54) is 4.90 Å². The predicted octanol–water partition coefficient (Wildman–Crippen LogP) is 3.24. The Morgan fingerprint density at radius 3 is 2.50 bits per heavy atom. The van der Waals surface area contributed by atoms with E-state index in [1.807, 2.05) is 19.2 Å². The van der Waals surface area contributed by atoms with Crippen molar-refractivity contribution in [2.45, 2.75) is 25.6 Å². The van der Waals surface area contributed by atoms with Gasteiger partial charge in [0, 0.05) is 25.2 Å². The molecule has 0 aromatic heterocycles. The van der Waals surface area contributed by atoms with Gasteiger partial charge in [0.1, 0.15) is 0 Å². The molecule has 1 atom stereocenters. The molecule has 0 bridgehead atoms. The van der Waals surface area contributed by atoms with Gasteiger partial charge in [-0.1, -0.05) is 12.1 Å². The summed E-state index contributed by atoms with van der Waals surface area (Å²) >= 11 is 0. The van der Waals surface area contributed by atoms with E-state index < -0.39 is 12.1 Å². The molecule has 22 heavy (non-hydrogen) atoms. The maximum Gasteiger partial charge on any atom is 0.393 e.